The summed E-state index contributed by atoms with van der Waals surface area (Å²) < 4.78 is 25.7. The van der Waals surface area contributed by atoms with Crippen molar-refractivity contribution >= 4 is 39.9 Å². The van der Waals surface area contributed by atoms with Crippen LogP contribution in [0.1, 0.15) is 51.0 Å². The Morgan fingerprint density at radius 1 is 1.11 bits per heavy atom. The number of aromatic nitrogens is 3. The zero-order valence-corrected chi connectivity index (χ0v) is 31.7. The van der Waals surface area contributed by atoms with Gasteiger partial charge in [0, 0.05) is 65.6 Å². The lowest BCUT2D eigenvalue weighted by Gasteiger charge is -2.34. The number of oxime groups is 1. The number of hydrogen-bond donors (Lipinski definition) is 1. The molecule has 0 radical (unpaired) electrons. The third kappa shape index (κ3) is 10.9. The van der Waals surface area contributed by atoms with E-state index in [2.05, 4.69) is 55.4 Å². The van der Waals surface area contributed by atoms with Crippen LogP contribution in [0.15, 0.2) is 34.2 Å². The van der Waals surface area contributed by atoms with Gasteiger partial charge >= 0.3 is 6.09 Å². The third-order valence-electron chi connectivity index (χ3n) is 7.89. The van der Waals surface area contributed by atoms with E-state index in [1.54, 1.807) is 23.4 Å². The lowest BCUT2D eigenvalue weighted by atomic mass is 9.94. The van der Waals surface area contributed by atoms with E-state index in [0.717, 1.165) is 47.6 Å². The van der Waals surface area contributed by atoms with E-state index in [0.29, 0.717) is 51.2 Å². The summed E-state index contributed by atoms with van der Waals surface area (Å²) >= 11 is 0. The molecule has 3 aromatic rings. The van der Waals surface area contributed by atoms with Gasteiger partial charge in [0.2, 0.25) is 0 Å². The zero-order valence-electron chi connectivity index (χ0n) is 29.7. The number of rotatable bonds is 14. The second-order valence-electron chi connectivity index (χ2n) is 15.8. The molecule has 14 heteroatoms. The average molecular weight is 687 g/mol. The van der Waals surface area contributed by atoms with Crippen LogP contribution in [-0.4, -0.2) is 98.5 Å². The van der Waals surface area contributed by atoms with E-state index in [1.807, 2.05) is 25.3 Å². The first kappa shape index (κ1) is 36.6. The van der Waals surface area contributed by atoms with Crippen molar-refractivity contribution in [3.63, 3.8) is 0 Å². The van der Waals surface area contributed by atoms with E-state index >= 15 is 0 Å². The van der Waals surface area contributed by atoms with E-state index in [9.17, 15) is 4.79 Å². The Morgan fingerprint density at radius 2 is 1.77 bits per heavy atom. The number of amides is 1. The SMILES string of the molecule is CC(C)(C)OC(=O)N1CCCC(c2cc(N(COCC[Si](C)(C)C)COCC[Si](C)(C)C)n3ncc(-c4coc(/C=N\O)c4)c3n2)C1. The Kier molecular flexibility index (Phi) is 12.0. The highest BCUT2D eigenvalue weighted by Gasteiger charge is 2.31. The minimum Gasteiger partial charge on any atom is -0.463 e. The lowest BCUT2D eigenvalue weighted by molar-refractivity contribution is 0.0197. The van der Waals surface area contributed by atoms with Crippen molar-refractivity contribution in [1.82, 2.24) is 19.5 Å². The molecule has 0 saturated carbocycles. The highest BCUT2D eigenvalue weighted by molar-refractivity contribution is 6.76. The fourth-order valence-corrected chi connectivity index (χ4v) is 6.72. The number of ether oxygens (including phenoxy) is 3. The molecule has 1 atom stereocenters. The Morgan fingerprint density at radius 3 is 2.36 bits per heavy atom. The first-order chi connectivity index (χ1) is 22.0. The molecule has 1 aliphatic heterocycles. The van der Waals surface area contributed by atoms with Gasteiger partial charge in [-0.1, -0.05) is 44.4 Å². The van der Waals surface area contributed by atoms with Crippen molar-refractivity contribution in [2.45, 2.75) is 96.5 Å². The van der Waals surface area contributed by atoms with Crippen LogP contribution in [0.4, 0.5) is 10.6 Å². The fraction of sp³-hybridized carbons (Fsp3) is 0.636. The first-order valence-corrected chi connectivity index (χ1v) is 24.0. The van der Waals surface area contributed by atoms with Gasteiger partial charge in [-0.25, -0.2) is 9.78 Å². The maximum absolute atomic E-state index is 13.1. The van der Waals surface area contributed by atoms with Gasteiger partial charge in [-0.3, -0.25) is 0 Å². The molecule has 47 heavy (non-hydrogen) atoms. The number of carbonyl (C=O) groups excluding carboxylic acids is 1. The number of furan rings is 1. The molecular formula is C33H54N6O6Si2. The summed E-state index contributed by atoms with van der Waals surface area (Å²) in [6.45, 7) is 22.9. The van der Waals surface area contributed by atoms with Crippen molar-refractivity contribution in [1.29, 1.82) is 0 Å². The molecule has 1 saturated heterocycles. The molecule has 260 valence electrons. The minimum absolute atomic E-state index is 0.00771. The summed E-state index contributed by atoms with van der Waals surface area (Å²) in [6, 6.07) is 5.97. The quantitative estimate of drug-likeness (QED) is 0.0463. The Bertz CT molecular complexity index is 1480. The van der Waals surface area contributed by atoms with Crippen LogP contribution >= 0.6 is 0 Å². The molecule has 1 amide bonds. The number of hydrogen-bond acceptors (Lipinski definition) is 10. The number of piperidine rings is 1. The minimum atomic E-state index is -1.28. The van der Waals surface area contributed by atoms with E-state index in [-0.39, 0.29) is 12.0 Å². The van der Waals surface area contributed by atoms with Gasteiger partial charge in [0.25, 0.3) is 0 Å². The van der Waals surface area contributed by atoms with Crippen molar-refractivity contribution < 1.29 is 28.6 Å². The highest BCUT2D eigenvalue weighted by Crippen LogP contribution is 2.33. The number of carbonyl (C=O) groups is 1. The molecule has 1 fully saturated rings. The third-order valence-corrected chi connectivity index (χ3v) is 11.3. The van der Waals surface area contributed by atoms with Crippen molar-refractivity contribution in [3.8, 4) is 11.1 Å². The lowest BCUT2D eigenvalue weighted by Crippen LogP contribution is -2.42. The molecule has 1 unspecified atom stereocenters. The van der Waals surface area contributed by atoms with Gasteiger partial charge in [0.05, 0.1) is 18.2 Å². The summed E-state index contributed by atoms with van der Waals surface area (Å²) in [7, 11) is -2.56. The summed E-state index contributed by atoms with van der Waals surface area (Å²) in [5.74, 6) is 1.20. The van der Waals surface area contributed by atoms with Crippen molar-refractivity contribution in [2.24, 2.45) is 5.16 Å². The maximum atomic E-state index is 13.1. The van der Waals surface area contributed by atoms with Gasteiger partial charge < -0.3 is 33.6 Å². The second kappa shape index (κ2) is 15.3. The van der Waals surface area contributed by atoms with Crippen molar-refractivity contribution in [2.75, 3.05) is 44.7 Å². The Balaban J connectivity index is 1.74. The molecule has 4 heterocycles. The molecule has 1 N–H and O–H groups in total. The molecule has 1 aliphatic rings. The second-order valence-corrected chi connectivity index (χ2v) is 27.1. The van der Waals surface area contributed by atoms with Crippen molar-refractivity contribution in [3.05, 3.63) is 36.0 Å². The Hall–Kier alpha value is -3.21. The largest absolute Gasteiger partial charge is 0.463 e. The number of likely N-dealkylation sites (tertiary alicyclic amines) is 1. The molecule has 0 aliphatic carbocycles. The topological polar surface area (TPSA) is 127 Å². The smallest absolute Gasteiger partial charge is 0.410 e. The van der Waals surface area contributed by atoms with E-state index < -0.39 is 21.7 Å². The monoisotopic (exact) mass is 686 g/mol. The van der Waals surface area contributed by atoms with Gasteiger partial charge in [0.15, 0.2) is 5.65 Å². The molecule has 3 aromatic heterocycles. The number of fused-ring (bicyclic) bond motifs is 1. The van der Waals surface area contributed by atoms with Crippen LogP contribution in [0.5, 0.6) is 0 Å². The molecule has 4 rings (SSSR count). The number of anilines is 1. The van der Waals surface area contributed by atoms with Gasteiger partial charge in [-0.15, -0.1) is 0 Å². The molecular weight excluding hydrogens is 633 g/mol. The fourth-order valence-electron chi connectivity index (χ4n) is 5.21. The van der Waals surface area contributed by atoms with Gasteiger partial charge in [-0.2, -0.15) is 9.61 Å². The van der Waals surface area contributed by atoms with Crippen LogP contribution in [0.25, 0.3) is 16.8 Å². The molecule has 12 nitrogen and oxygen atoms in total. The zero-order chi connectivity index (χ0) is 34.4. The molecule has 0 bridgehead atoms. The van der Waals surface area contributed by atoms with E-state index in [4.69, 9.17) is 33.9 Å². The van der Waals surface area contributed by atoms with Crippen LogP contribution in [0.3, 0.4) is 0 Å². The summed E-state index contributed by atoms with van der Waals surface area (Å²) in [6.07, 6.45) is 6.03. The number of nitrogens with zero attached hydrogens (tertiary/aromatic N) is 6. The van der Waals surface area contributed by atoms with Gasteiger partial charge in [0.1, 0.15) is 36.9 Å². The summed E-state index contributed by atoms with van der Waals surface area (Å²) in [5, 5.41) is 16.9. The predicted molar refractivity (Wildman–Crippen MR) is 190 cm³/mol. The van der Waals surface area contributed by atoms with E-state index in [1.165, 1.54) is 6.21 Å². The molecule has 0 aromatic carbocycles. The van der Waals surface area contributed by atoms with Crippen LogP contribution in [0.2, 0.25) is 51.4 Å². The summed E-state index contributed by atoms with van der Waals surface area (Å²) in [4.78, 5) is 22.1. The van der Waals surface area contributed by atoms with Crippen LogP contribution in [0, 0.1) is 0 Å². The van der Waals surface area contributed by atoms with Crippen LogP contribution < -0.4 is 4.90 Å². The first-order valence-electron chi connectivity index (χ1n) is 16.6. The van der Waals surface area contributed by atoms with Crippen LogP contribution in [-0.2, 0) is 14.2 Å². The maximum Gasteiger partial charge on any atom is 0.410 e. The van der Waals surface area contributed by atoms with Gasteiger partial charge in [-0.05, 0) is 51.8 Å². The summed E-state index contributed by atoms with van der Waals surface area (Å²) in [5.41, 5.74) is 2.46. The Labute approximate surface area is 281 Å². The highest BCUT2D eigenvalue weighted by atomic mass is 28.3. The standard InChI is InChI=1S/C33H54N6O6Si2/c1-33(2,3)45-32(40)37-12-10-11-25(21-37)29-18-30(38(23-42-13-15-46(4,5)6)24-43-14-16-47(7,8)9)39-31(36-29)28(20-34-39)26-17-27(19-35-41)44-22-26/h17-20,22,25,41H,10-16,21,23-24H2,1-9H3/b35-19-. The predicted octanol–water partition coefficient (Wildman–Crippen LogP) is 7.34. The normalized spacial score (nSPS) is 16.4. The average Bonchev–Trinajstić information content (AvgIpc) is 3.61. The molecule has 0 spiro atoms.